The number of rotatable bonds is 3. The van der Waals surface area contributed by atoms with Crippen LogP contribution in [0.25, 0.3) is 0 Å². The summed E-state index contributed by atoms with van der Waals surface area (Å²) >= 11 is 0. The summed E-state index contributed by atoms with van der Waals surface area (Å²) in [5.74, 6) is 0.453. The molecule has 1 N–H and O–H groups in total. The van der Waals surface area contributed by atoms with Crippen LogP contribution in [0.15, 0.2) is 12.1 Å². The highest BCUT2D eigenvalue weighted by atomic mass is 16.6. The number of aliphatic hydroxyl groups is 1. The van der Waals surface area contributed by atoms with Crippen molar-refractivity contribution < 1.29 is 14.8 Å². The second-order valence-corrected chi connectivity index (χ2v) is 2.87. The Balaban J connectivity index is 3.32. The molecule has 0 radical (unpaired) electrons. The number of nitro benzene ring substituents is 1. The molecule has 0 aliphatic heterocycles. The average molecular weight is 197 g/mol. The third-order valence-corrected chi connectivity index (χ3v) is 1.96. The SMILES string of the molecule is COc1cc([N+](=O)[O-])c(CO)cc1C. The van der Waals surface area contributed by atoms with Crippen LogP contribution in [0.1, 0.15) is 11.1 Å². The normalized spacial score (nSPS) is 9.93. The highest BCUT2D eigenvalue weighted by Gasteiger charge is 2.16. The molecule has 0 fully saturated rings. The number of hydrogen-bond acceptors (Lipinski definition) is 4. The molecule has 0 aliphatic rings. The molecule has 0 bridgehead atoms. The van der Waals surface area contributed by atoms with Gasteiger partial charge in [0.1, 0.15) is 5.75 Å². The lowest BCUT2D eigenvalue weighted by molar-refractivity contribution is -0.385. The van der Waals surface area contributed by atoms with Gasteiger partial charge >= 0.3 is 0 Å². The van der Waals surface area contributed by atoms with Crippen LogP contribution in [0.2, 0.25) is 0 Å². The first-order valence-electron chi connectivity index (χ1n) is 4.03. The van der Waals surface area contributed by atoms with Gasteiger partial charge in [0.2, 0.25) is 0 Å². The van der Waals surface area contributed by atoms with Gasteiger partial charge in [0.15, 0.2) is 0 Å². The van der Waals surface area contributed by atoms with Crippen molar-refractivity contribution in [3.63, 3.8) is 0 Å². The zero-order valence-corrected chi connectivity index (χ0v) is 7.98. The van der Waals surface area contributed by atoms with Crippen molar-refractivity contribution >= 4 is 5.69 Å². The zero-order valence-electron chi connectivity index (χ0n) is 7.98. The molecule has 5 nitrogen and oxygen atoms in total. The summed E-state index contributed by atoms with van der Waals surface area (Å²) in [5, 5.41) is 19.5. The molecule has 0 saturated heterocycles. The monoisotopic (exact) mass is 197 g/mol. The number of aliphatic hydroxyl groups excluding tert-OH is 1. The minimum Gasteiger partial charge on any atom is -0.496 e. The van der Waals surface area contributed by atoms with Gasteiger partial charge < -0.3 is 9.84 Å². The molecule has 14 heavy (non-hydrogen) atoms. The van der Waals surface area contributed by atoms with Gasteiger partial charge in [-0.25, -0.2) is 0 Å². The second kappa shape index (κ2) is 4.06. The van der Waals surface area contributed by atoms with Crippen LogP contribution in [0.5, 0.6) is 5.75 Å². The van der Waals surface area contributed by atoms with E-state index in [1.54, 1.807) is 13.0 Å². The van der Waals surface area contributed by atoms with Crippen LogP contribution in [-0.2, 0) is 6.61 Å². The largest absolute Gasteiger partial charge is 0.496 e. The highest BCUT2D eigenvalue weighted by Crippen LogP contribution is 2.28. The van der Waals surface area contributed by atoms with E-state index in [0.717, 1.165) is 5.56 Å². The Morgan fingerprint density at radius 3 is 2.64 bits per heavy atom. The van der Waals surface area contributed by atoms with Gasteiger partial charge in [-0.2, -0.15) is 0 Å². The van der Waals surface area contributed by atoms with Crippen molar-refractivity contribution in [1.29, 1.82) is 0 Å². The van der Waals surface area contributed by atoms with Crippen LogP contribution in [0, 0.1) is 17.0 Å². The number of nitro groups is 1. The molecule has 0 heterocycles. The van der Waals surface area contributed by atoms with Crippen LogP contribution in [-0.4, -0.2) is 17.1 Å². The maximum atomic E-state index is 10.6. The molecule has 0 aliphatic carbocycles. The number of methoxy groups -OCH3 is 1. The molecule has 5 heteroatoms. The maximum Gasteiger partial charge on any atom is 0.278 e. The van der Waals surface area contributed by atoms with Crippen LogP contribution in [0.3, 0.4) is 0 Å². The van der Waals surface area contributed by atoms with E-state index in [-0.39, 0.29) is 12.3 Å². The molecule has 1 aromatic carbocycles. The van der Waals surface area contributed by atoms with Gasteiger partial charge in [-0.1, -0.05) is 0 Å². The summed E-state index contributed by atoms with van der Waals surface area (Å²) in [7, 11) is 1.45. The predicted octanol–water partition coefficient (Wildman–Crippen LogP) is 1.40. The Morgan fingerprint density at radius 2 is 2.21 bits per heavy atom. The Bertz CT molecular complexity index is 362. The molecule has 0 atom stereocenters. The molecule has 76 valence electrons. The van der Waals surface area contributed by atoms with E-state index < -0.39 is 4.92 Å². The fraction of sp³-hybridized carbons (Fsp3) is 0.333. The summed E-state index contributed by atoms with van der Waals surface area (Å²) in [6.07, 6.45) is 0. The van der Waals surface area contributed by atoms with Gasteiger partial charge in [-0.3, -0.25) is 10.1 Å². The molecule has 0 unspecified atom stereocenters. The Labute approximate surface area is 81.1 Å². The first-order valence-corrected chi connectivity index (χ1v) is 4.03. The second-order valence-electron chi connectivity index (χ2n) is 2.87. The Kier molecular flexibility index (Phi) is 3.03. The van der Waals surface area contributed by atoms with Gasteiger partial charge in [-0.15, -0.1) is 0 Å². The molecule has 0 amide bonds. The average Bonchev–Trinajstić information content (AvgIpc) is 2.16. The summed E-state index contributed by atoms with van der Waals surface area (Å²) in [6.45, 7) is 1.42. The predicted molar refractivity (Wildman–Crippen MR) is 50.3 cm³/mol. The molecule has 1 rings (SSSR count). The van der Waals surface area contributed by atoms with E-state index in [0.29, 0.717) is 11.3 Å². The molecule has 0 spiro atoms. The third kappa shape index (κ3) is 1.82. The van der Waals surface area contributed by atoms with E-state index in [4.69, 9.17) is 9.84 Å². The topological polar surface area (TPSA) is 72.6 Å². The Hall–Kier alpha value is -1.62. The van der Waals surface area contributed by atoms with Gasteiger partial charge in [0, 0.05) is 0 Å². The molecule has 1 aromatic rings. The fourth-order valence-electron chi connectivity index (χ4n) is 1.25. The van der Waals surface area contributed by atoms with Crippen molar-refractivity contribution in [2.75, 3.05) is 7.11 Å². The molecule has 0 saturated carbocycles. The number of benzene rings is 1. The first-order chi connectivity index (χ1) is 6.60. The van der Waals surface area contributed by atoms with E-state index in [2.05, 4.69) is 0 Å². The van der Waals surface area contributed by atoms with Gasteiger partial charge in [0.05, 0.1) is 30.3 Å². The van der Waals surface area contributed by atoms with Crippen molar-refractivity contribution in [2.45, 2.75) is 13.5 Å². The van der Waals surface area contributed by atoms with Gasteiger partial charge in [-0.05, 0) is 18.6 Å². The standard InChI is InChI=1S/C9H11NO4/c1-6-3-7(5-11)8(10(12)13)4-9(6)14-2/h3-4,11H,5H2,1-2H3. The fourth-order valence-corrected chi connectivity index (χ4v) is 1.25. The molecular formula is C9H11NO4. The first kappa shape index (κ1) is 10.5. The highest BCUT2D eigenvalue weighted by molar-refractivity contribution is 5.50. The quantitative estimate of drug-likeness (QED) is 0.587. The summed E-state index contributed by atoms with van der Waals surface area (Å²) in [6, 6.07) is 2.87. The van der Waals surface area contributed by atoms with Crippen LogP contribution < -0.4 is 4.74 Å². The van der Waals surface area contributed by atoms with E-state index in [1.165, 1.54) is 13.2 Å². The van der Waals surface area contributed by atoms with E-state index in [1.807, 2.05) is 0 Å². The summed E-state index contributed by atoms with van der Waals surface area (Å²) in [5.41, 5.74) is 0.949. The summed E-state index contributed by atoms with van der Waals surface area (Å²) in [4.78, 5) is 10.1. The van der Waals surface area contributed by atoms with Crippen LogP contribution in [0.4, 0.5) is 5.69 Å². The minimum absolute atomic E-state index is 0.116. The van der Waals surface area contributed by atoms with Crippen LogP contribution >= 0.6 is 0 Å². The van der Waals surface area contributed by atoms with Crippen molar-refractivity contribution in [2.24, 2.45) is 0 Å². The number of ether oxygens (including phenoxy) is 1. The van der Waals surface area contributed by atoms with Crippen molar-refractivity contribution in [3.8, 4) is 5.75 Å². The lowest BCUT2D eigenvalue weighted by Gasteiger charge is -2.06. The smallest absolute Gasteiger partial charge is 0.278 e. The molecular weight excluding hydrogens is 186 g/mol. The Morgan fingerprint density at radius 1 is 1.57 bits per heavy atom. The van der Waals surface area contributed by atoms with Crippen molar-refractivity contribution in [3.05, 3.63) is 33.4 Å². The molecule has 0 aromatic heterocycles. The van der Waals surface area contributed by atoms with Gasteiger partial charge in [0.25, 0.3) is 5.69 Å². The number of aryl methyl sites for hydroxylation is 1. The number of hydrogen-bond donors (Lipinski definition) is 1. The zero-order chi connectivity index (χ0) is 10.7. The maximum absolute atomic E-state index is 10.6. The van der Waals surface area contributed by atoms with Crippen molar-refractivity contribution in [1.82, 2.24) is 0 Å². The minimum atomic E-state index is -0.534. The van der Waals surface area contributed by atoms with E-state index in [9.17, 15) is 10.1 Å². The third-order valence-electron chi connectivity index (χ3n) is 1.96. The van der Waals surface area contributed by atoms with E-state index >= 15 is 0 Å². The lowest BCUT2D eigenvalue weighted by Crippen LogP contribution is -1.98. The summed E-state index contributed by atoms with van der Waals surface area (Å²) < 4.78 is 4.95. The number of nitrogens with zero attached hydrogens (tertiary/aromatic N) is 1. The lowest BCUT2D eigenvalue weighted by atomic mass is 10.1.